The van der Waals surface area contributed by atoms with E-state index in [1.807, 2.05) is 10.9 Å². The highest BCUT2D eigenvalue weighted by molar-refractivity contribution is 5.77. The summed E-state index contributed by atoms with van der Waals surface area (Å²) in [4.78, 5) is 23.5. The molecular formula is C23H31N3O3. The Balaban J connectivity index is 1.69. The molecule has 29 heavy (non-hydrogen) atoms. The average molecular weight is 398 g/mol. The number of benzene rings is 1. The molecular weight excluding hydrogens is 366 g/mol. The zero-order valence-corrected chi connectivity index (χ0v) is 17.8. The van der Waals surface area contributed by atoms with Crippen LogP contribution in [0.5, 0.6) is 0 Å². The Kier molecular flexibility index (Phi) is 6.40. The van der Waals surface area contributed by atoms with Gasteiger partial charge in [0.15, 0.2) is 0 Å². The quantitative estimate of drug-likeness (QED) is 0.748. The van der Waals surface area contributed by atoms with Gasteiger partial charge >= 0.3 is 5.97 Å². The van der Waals surface area contributed by atoms with Crippen molar-refractivity contribution in [3.63, 3.8) is 0 Å². The molecule has 0 radical (unpaired) electrons. The number of carbonyl (C=O) groups excluding carboxylic acids is 2. The van der Waals surface area contributed by atoms with Gasteiger partial charge < -0.3 is 10.1 Å². The molecule has 3 rings (SSSR count). The Hall–Kier alpha value is -2.63. The summed E-state index contributed by atoms with van der Waals surface area (Å²) in [5.74, 6) is -0.314. The summed E-state index contributed by atoms with van der Waals surface area (Å²) in [6.45, 7) is 6.61. The van der Waals surface area contributed by atoms with Crippen LogP contribution < -0.4 is 5.32 Å². The maximum atomic E-state index is 12.3. The smallest absolute Gasteiger partial charge is 0.305 e. The fourth-order valence-corrected chi connectivity index (χ4v) is 3.79. The van der Waals surface area contributed by atoms with Gasteiger partial charge in [-0.3, -0.25) is 9.59 Å². The van der Waals surface area contributed by atoms with Crippen LogP contribution in [0.1, 0.15) is 75.7 Å². The fourth-order valence-electron chi connectivity index (χ4n) is 3.79. The fraction of sp³-hybridized carbons (Fsp3) is 0.522. The monoisotopic (exact) mass is 397 g/mol. The first-order valence-electron chi connectivity index (χ1n) is 10.3. The number of hydrogen-bond donors (Lipinski definition) is 1. The number of amides is 1. The molecule has 1 amide bonds. The van der Waals surface area contributed by atoms with Gasteiger partial charge in [-0.25, -0.2) is 4.68 Å². The Morgan fingerprint density at radius 1 is 1.21 bits per heavy atom. The van der Waals surface area contributed by atoms with E-state index in [1.165, 1.54) is 18.4 Å². The minimum absolute atomic E-state index is 0.0213. The van der Waals surface area contributed by atoms with Crippen LogP contribution in [0, 0.1) is 0 Å². The molecule has 1 aromatic heterocycles. The molecule has 0 saturated carbocycles. The van der Waals surface area contributed by atoms with Crippen LogP contribution in [0.2, 0.25) is 0 Å². The molecule has 1 unspecified atom stereocenters. The average Bonchev–Trinajstić information content (AvgIpc) is 3.12. The molecule has 1 heterocycles. The van der Waals surface area contributed by atoms with Crippen molar-refractivity contribution in [1.29, 1.82) is 0 Å². The molecule has 156 valence electrons. The molecule has 1 aliphatic rings. The zero-order chi connectivity index (χ0) is 21.0. The summed E-state index contributed by atoms with van der Waals surface area (Å²) in [6.07, 6.45) is 5.83. The van der Waals surface area contributed by atoms with Crippen LogP contribution in [-0.2, 0) is 26.2 Å². The number of nitrogens with one attached hydrogen (secondary N) is 1. The van der Waals surface area contributed by atoms with Crippen LogP contribution in [0.15, 0.2) is 30.5 Å². The molecule has 1 atom stereocenters. The molecule has 0 fully saturated rings. The van der Waals surface area contributed by atoms with Crippen molar-refractivity contribution in [1.82, 2.24) is 15.1 Å². The summed E-state index contributed by atoms with van der Waals surface area (Å²) in [5, 5.41) is 7.73. The molecule has 0 saturated heterocycles. The van der Waals surface area contributed by atoms with Gasteiger partial charge in [-0.1, -0.05) is 32.9 Å². The van der Waals surface area contributed by atoms with E-state index in [4.69, 9.17) is 0 Å². The first-order valence-corrected chi connectivity index (χ1v) is 10.3. The third kappa shape index (κ3) is 5.05. The van der Waals surface area contributed by atoms with Gasteiger partial charge in [0, 0.05) is 24.1 Å². The van der Waals surface area contributed by atoms with Crippen molar-refractivity contribution in [2.45, 2.75) is 70.8 Å². The molecule has 0 aliphatic heterocycles. The third-order valence-corrected chi connectivity index (χ3v) is 5.51. The lowest BCUT2D eigenvalue weighted by Crippen LogP contribution is -2.30. The van der Waals surface area contributed by atoms with Gasteiger partial charge in [0.1, 0.15) is 0 Å². The molecule has 1 aromatic carbocycles. The lowest BCUT2D eigenvalue weighted by Gasteiger charge is -2.24. The zero-order valence-electron chi connectivity index (χ0n) is 17.8. The Bertz CT molecular complexity index is 862. The number of esters is 1. The summed E-state index contributed by atoms with van der Waals surface area (Å²) in [5.41, 5.74) is 4.71. The van der Waals surface area contributed by atoms with Crippen molar-refractivity contribution in [3.8, 4) is 5.69 Å². The van der Waals surface area contributed by atoms with Crippen molar-refractivity contribution in [3.05, 3.63) is 47.3 Å². The van der Waals surface area contributed by atoms with Crippen LogP contribution in [-0.4, -0.2) is 28.8 Å². The molecule has 1 N–H and O–H groups in total. The predicted octanol–water partition coefficient (Wildman–Crippen LogP) is 4.01. The van der Waals surface area contributed by atoms with Gasteiger partial charge in [0.2, 0.25) is 5.91 Å². The Labute approximate surface area is 172 Å². The van der Waals surface area contributed by atoms with E-state index in [0.29, 0.717) is 12.8 Å². The predicted molar refractivity (Wildman–Crippen MR) is 112 cm³/mol. The number of aromatic nitrogens is 2. The highest BCUT2D eigenvalue weighted by Crippen LogP contribution is 2.32. The van der Waals surface area contributed by atoms with Gasteiger partial charge in [-0.15, -0.1) is 0 Å². The maximum absolute atomic E-state index is 12.3. The topological polar surface area (TPSA) is 73.2 Å². The standard InChI is InChI=1S/C23H31N3O3/c1-23(2,3)16-11-13-17(14-12-16)26-20-8-5-7-19(18(20)15-24-26)25-21(27)9-6-10-22(28)29-4/h11-15,19H,5-10H2,1-4H3,(H,25,27). The molecule has 0 spiro atoms. The van der Waals surface area contributed by atoms with Gasteiger partial charge in [0.05, 0.1) is 25.0 Å². The second-order valence-corrected chi connectivity index (χ2v) is 8.70. The van der Waals surface area contributed by atoms with Crippen molar-refractivity contribution >= 4 is 11.9 Å². The minimum atomic E-state index is -0.281. The maximum Gasteiger partial charge on any atom is 0.305 e. The van der Waals surface area contributed by atoms with E-state index in [9.17, 15) is 9.59 Å². The SMILES string of the molecule is COC(=O)CCCC(=O)NC1CCCc2c1cnn2-c1ccc(C(C)(C)C)cc1. The van der Waals surface area contributed by atoms with Crippen LogP contribution >= 0.6 is 0 Å². The number of carbonyl (C=O) groups is 2. The largest absolute Gasteiger partial charge is 0.469 e. The second kappa shape index (κ2) is 8.80. The second-order valence-electron chi connectivity index (χ2n) is 8.70. The Morgan fingerprint density at radius 3 is 2.59 bits per heavy atom. The molecule has 1 aliphatic carbocycles. The van der Waals surface area contributed by atoms with E-state index in [0.717, 1.165) is 30.5 Å². The summed E-state index contributed by atoms with van der Waals surface area (Å²) in [7, 11) is 1.36. The van der Waals surface area contributed by atoms with E-state index in [1.54, 1.807) is 0 Å². The molecule has 2 aromatic rings. The first-order chi connectivity index (χ1) is 13.8. The highest BCUT2D eigenvalue weighted by atomic mass is 16.5. The van der Waals surface area contributed by atoms with Crippen molar-refractivity contribution < 1.29 is 14.3 Å². The number of hydrogen-bond acceptors (Lipinski definition) is 4. The van der Waals surface area contributed by atoms with Crippen molar-refractivity contribution in [2.24, 2.45) is 0 Å². The van der Waals surface area contributed by atoms with Gasteiger partial charge in [-0.2, -0.15) is 5.10 Å². The lowest BCUT2D eigenvalue weighted by atomic mass is 9.87. The first kappa shape index (κ1) is 21.1. The van der Waals surface area contributed by atoms with Crippen LogP contribution in [0.4, 0.5) is 0 Å². The van der Waals surface area contributed by atoms with E-state index < -0.39 is 0 Å². The number of ether oxygens (including phenoxy) is 1. The van der Waals surface area contributed by atoms with E-state index >= 15 is 0 Å². The lowest BCUT2D eigenvalue weighted by molar-refractivity contribution is -0.140. The highest BCUT2D eigenvalue weighted by Gasteiger charge is 2.26. The third-order valence-electron chi connectivity index (χ3n) is 5.51. The number of fused-ring (bicyclic) bond motifs is 1. The molecule has 6 heteroatoms. The number of rotatable bonds is 6. The summed E-state index contributed by atoms with van der Waals surface area (Å²) in [6, 6.07) is 8.53. The normalized spacial score (nSPS) is 16.2. The summed E-state index contributed by atoms with van der Waals surface area (Å²) >= 11 is 0. The minimum Gasteiger partial charge on any atom is -0.469 e. The molecule has 0 bridgehead atoms. The molecule has 6 nitrogen and oxygen atoms in total. The summed E-state index contributed by atoms with van der Waals surface area (Å²) < 4.78 is 6.61. The van der Waals surface area contributed by atoms with Crippen molar-refractivity contribution in [2.75, 3.05) is 7.11 Å². The number of nitrogens with zero attached hydrogens (tertiary/aromatic N) is 2. The van der Waals surface area contributed by atoms with E-state index in [-0.39, 0.29) is 29.8 Å². The van der Waals surface area contributed by atoms with Gasteiger partial charge in [0.25, 0.3) is 0 Å². The Morgan fingerprint density at radius 2 is 1.93 bits per heavy atom. The van der Waals surface area contributed by atoms with Gasteiger partial charge in [-0.05, 0) is 48.8 Å². The van der Waals surface area contributed by atoms with Crippen LogP contribution in [0.3, 0.4) is 0 Å². The van der Waals surface area contributed by atoms with E-state index in [2.05, 4.69) is 60.2 Å². The van der Waals surface area contributed by atoms with Crippen LogP contribution in [0.25, 0.3) is 5.69 Å². The number of methoxy groups -OCH3 is 1.